The summed E-state index contributed by atoms with van der Waals surface area (Å²) >= 11 is 0. The van der Waals surface area contributed by atoms with E-state index in [-0.39, 0.29) is 29.9 Å². The molecule has 2 aromatic carbocycles. The Labute approximate surface area is 183 Å². The van der Waals surface area contributed by atoms with Crippen molar-refractivity contribution in [2.75, 3.05) is 6.26 Å². The number of sulfonamides is 1. The molecule has 10 heteroatoms. The van der Waals surface area contributed by atoms with Crippen molar-refractivity contribution in [2.45, 2.75) is 43.7 Å². The summed E-state index contributed by atoms with van der Waals surface area (Å²) in [5.41, 5.74) is 0.694. The van der Waals surface area contributed by atoms with Gasteiger partial charge in [0.1, 0.15) is 5.82 Å². The highest BCUT2D eigenvalue weighted by Gasteiger charge is 2.45. The summed E-state index contributed by atoms with van der Waals surface area (Å²) in [6, 6.07) is 8.76. The summed E-state index contributed by atoms with van der Waals surface area (Å²) in [4.78, 5) is 0. The van der Waals surface area contributed by atoms with Gasteiger partial charge in [-0.25, -0.2) is 21.9 Å². The van der Waals surface area contributed by atoms with E-state index in [0.29, 0.717) is 37.1 Å². The van der Waals surface area contributed by atoms with E-state index in [2.05, 4.69) is 14.9 Å². The highest BCUT2D eigenvalue weighted by atomic mass is 32.2. The number of hydrogen-bond acceptors (Lipinski definition) is 6. The first kappa shape index (κ1) is 21.0. The van der Waals surface area contributed by atoms with E-state index < -0.39 is 27.1 Å². The SMILES string of the molecule is CS(=O)(=O)N[C@H]1CC[C@@]2(Cc3ccc(F)c(c3)-c3cccc(F)c3OCc3nnc2o3)C1. The molecule has 1 saturated carbocycles. The van der Waals surface area contributed by atoms with Crippen LogP contribution in [0, 0.1) is 11.6 Å². The van der Waals surface area contributed by atoms with E-state index in [9.17, 15) is 17.2 Å². The fourth-order valence-electron chi connectivity index (χ4n) is 4.77. The second-order valence-corrected chi connectivity index (χ2v) is 10.3. The third-order valence-corrected chi connectivity index (χ3v) is 6.84. The molecule has 0 unspecified atom stereocenters. The first-order valence-electron chi connectivity index (χ1n) is 10.2. The fraction of sp³-hybridized carbons (Fsp3) is 0.364. The van der Waals surface area contributed by atoms with Crippen LogP contribution in [-0.2, 0) is 28.5 Å². The highest BCUT2D eigenvalue weighted by molar-refractivity contribution is 7.88. The third-order valence-electron chi connectivity index (χ3n) is 6.08. The fourth-order valence-corrected chi connectivity index (χ4v) is 5.57. The Balaban J connectivity index is 1.62. The lowest BCUT2D eigenvalue weighted by atomic mass is 9.79. The minimum Gasteiger partial charge on any atom is -0.480 e. The molecular formula is C22H21F2N3O4S. The Morgan fingerprint density at radius 2 is 1.97 bits per heavy atom. The summed E-state index contributed by atoms with van der Waals surface area (Å²) in [5, 5.41) is 8.28. The van der Waals surface area contributed by atoms with Crippen molar-refractivity contribution in [1.29, 1.82) is 0 Å². The zero-order valence-electron chi connectivity index (χ0n) is 17.3. The number of aromatic nitrogens is 2. The van der Waals surface area contributed by atoms with Crippen molar-refractivity contribution in [3.05, 3.63) is 65.4 Å². The number of ether oxygens (including phenoxy) is 1. The predicted octanol–water partition coefficient (Wildman–Crippen LogP) is 3.49. The quantitative estimate of drug-likeness (QED) is 0.628. The van der Waals surface area contributed by atoms with Crippen LogP contribution in [0.15, 0.2) is 40.8 Å². The van der Waals surface area contributed by atoms with Gasteiger partial charge in [0.05, 0.1) is 11.7 Å². The molecule has 2 heterocycles. The lowest BCUT2D eigenvalue weighted by Crippen LogP contribution is -2.35. The third kappa shape index (κ3) is 3.88. The molecule has 7 nitrogen and oxygen atoms in total. The number of fused-ring (bicyclic) bond motifs is 7. The van der Waals surface area contributed by atoms with Gasteiger partial charge in [0.25, 0.3) is 5.89 Å². The largest absolute Gasteiger partial charge is 0.480 e. The van der Waals surface area contributed by atoms with Gasteiger partial charge in [-0.1, -0.05) is 18.2 Å². The minimum absolute atomic E-state index is 0.0862. The molecule has 0 radical (unpaired) electrons. The van der Waals surface area contributed by atoms with Crippen LogP contribution in [0.25, 0.3) is 11.1 Å². The van der Waals surface area contributed by atoms with E-state index in [0.717, 1.165) is 11.8 Å². The van der Waals surface area contributed by atoms with Gasteiger partial charge >= 0.3 is 0 Å². The van der Waals surface area contributed by atoms with Gasteiger partial charge in [-0.2, -0.15) is 0 Å². The topological polar surface area (TPSA) is 94.3 Å². The zero-order valence-corrected chi connectivity index (χ0v) is 18.1. The zero-order chi connectivity index (χ0) is 22.5. The summed E-state index contributed by atoms with van der Waals surface area (Å²) < 4.78 is 67.1. The van der Waals surface area contributed by atoms with Gasteiger partial charge < -0.3 is 9.15 Å². The van der Waals surface area contributed by atoms with Gasteiger partial charge in [0, 0.05) is 17.2 Å². The van der Waals surface area contributed by atoms with Crippen LogP contribution >= 0.6 is 0 Å². The summed E-state index contributed by atoms with van der Waals surface area (Å²) in [6.07, 6.45) is 3.24. The number of rotatable bonds is 2. The predicted molar refractivity (Wildman–Crippen MR) is 111 cm³/mol. The van der Waals surface area contributed by atoms with Gasteiger partial charge in [-0.15, -0.1) is 10.2 Å². The van der Waals surface area contributed by atoms with E-state index in [1.165, 1.54) is 18.2 Å². The molecule has 1 aromatic heterocycles. The van der Waals surface area contributed by atoms with E-state index in [1.54, 1.807) is 18.2 Å². The van der Waals surface area contributed by atoms with Crippen molar-refractivity contribution in [3.63, 3.8) is 0 Å². The van der Waals surface area contributed by atoms with Crippen molar-refractivity contribution in [2.24, 2.45) is 0 Å². The Bertz CT molecular complexity index is 1290. The highest BCUT2D eigenvalue weighted by Crippen LogP contribution is 2.45. The molecule has 0 saturated heterocycles. The Morgan fingerprint density at radius 1 is 1.12 bits per heavy atom. The number of para-hydroxylation sites is 1. The molecule has 2 aliphatic rings. The van der Waals surface area contributed by atoms with Crippen LogP contribution in [0.4, 0.5) is 8.78 Å². The standard InChI is InChI=1S/C22H21F2N3O4S/c1-32(28,29)27-14-7-8-22(11-14)10-13-5-6-17(23)16(9-13)15-3-2-4-18(24)20(15)30-12-19-25-26-21(22)31-19/h2-6,9,14,27H,7-8,10-12H2,1H3/t14-,22+/m0/s1. The number of nitrogens with one attached hydrogen (secondary N) is 1. The average Bonchev–Trinajstić information content (AvgIpc) is 3.35. The number of hydrogen-bond donors (Lipinski definition) is 1. The second kappa shape index (κ2) is 7.63. The Hall–Kier alpha value is -2.85. The first-order chi connectivity index (χ1) is 15.2. The van der Waals surface area contributed by atoms with Crippen molar-refractivity contribution in [3.8, 4) is 16.9 Å². The van der Waals surface area contributed by atoms with Crippen LogP contribution in [0.2, 0.25) is 0 Å². The van der Waals surface area contributed by atoms with Crippen LogP contribution in [0.5, 0.6) is 5.75 Å². The molecule has 0 amide bonds. The van der Waals surface area contributed by atoms with Crippen LogP contribution in [0.3, 0.4) is 0 Å². The molecule has 1 fully saturated rings. The molecule has 1 spiro atoms. The lowest BCUT2D eigenvalue weighted by Gasteiger charge is -2.26. The second-order valence-electron chi connectivity index (χ2n) is 8.51. The minimum atomic E-state index is -3.38. The van der Waals surface area contributed by atoms with Gasteiger partial charge in [0.15, 0.2) is 18.2 Å². The van der Waals surface area contributed by atoms with Gasteiger partial charge in [-0.05, 0) is 49.4 Å². The molecule has 1 N–H and O–H groups in total. The molecule has 1 aliphatic carbocycles. The number of halogens is 2. The number of nitrogens with zero attached hydrogens (tertiary/aromatic N) is 2. The molecule has 5 rings (SSSR count). The molecule has 168 valence electrons. The summed E-state index contributed by atoms with van der Waals surface area (Å²) in [5.74, 6) is -0.665. The molecule has 4 bridgehead atoms. The lowest BCUT2D eigenvalue weighted by molar-refractivity contribution is 0.235. The molecule has 2 atom stereocenters. The maximum absolute atomic E-state index is 14.8. The normalized spacial score (nSPS) is 22.7. The molecule has 3 aromatic rings. The monoisotopic (exact) mass is 461 g/mol. The van der Waals surface area contributed by atoms with Crippen molar-refractivity contribution >= 4 is 10.0 Å². The van der Waals surface area contributed by atoms with Crippen molar-refractivity contribution in [1.82, 2.24) is 14.9 Å². The maximum Gasteiger partial charge on any atom is 0.253 e. The van der Waals surface area contributed by atoms with E-state index >= 15 is 0 Å². The Kier molecular flexibility index (Phi) is 5.01. The Morgan fingerprint density at radius 3 is 2.78 bits per heavy atom. The van der Waals surface area contributed by atoms with E-state index in [1.807, 2.05) is 0 Å². The average molecular weight is 461 g/mol. The van der Waals surface area contributed by atoms with Crippen LogP contribution < -0.4 is 9.46 Å². The van der Waals surface area contributed by atoms with Gasteiger partial charge in [-0.3, -0.25) is 0 Å². The summed E-state index contributed by atoms with van der Waals surface area (Å²) in [7, 11) is -3.38. The summed E-state index contributed by atoms with van der Waals surface area (Å²) in [6.45, 7) is -0.177. The molecule has 1 aliphatic heterocycles. The number of benzene rings is 2. The maximum atomic E-state index is 14.8. The van der Waals surface area contributed by atoms with Gasteiger partial charge in [0.2, 0.25) is 15.9 Å². The smallest absolute Gasteiger partial charge is 0.253 e. The first-order valence-corrected chi connectivity index (χ1v) is 12.1. The van der Waals surface area contributed by atoms with E-state index in [4.69, 9.17) is 9.15 Å². The molecular weight excluding hydrogens is 440 g/mol. The van der Waals surface area contributed by atoms with Crippen LogP contribution in [0.1, 0.15) is 36.6 Å². The van der Waals surface area contributed by atoms with Crippen molar-refractivity contribution < 1.29 is 26.4 Å². The van der Waals surface area contributed by atoms with Crippen LogP contribution in [-0.4, -0.2) is 30.9 Å². The molecule has 32 heavy (non-hydrogen) atoms.